The van der Waals surface area contributed by atoms with E-state index < -0.39 is 18.1 Å². The van der Waals surface area contributed by atoms with E-state index in [0.29, 0.717) is 5.69 Å². The Bertz CT molecular complexity index is 861. The Morgan fingerprint density at radius 1 is 1.14 bits per heavy atom. The van der Waals surface area contributed by atoms with E-state index in [1.807, 2.05) is 62.4 Å². The van der Waals surface area contributed by atoms with Crippen molar-refractivity contribution in [3.8, 4) is 0 Å². The summed E-state index contributed by atoms with van der Waals surface area (Å²) in [6, 6.07) is 13.9. The van der Waals surface area contributed by atoms with Crippen LogP contribution in [0.25, 0.3) is 0 Å². The van der Waals surface area contributed by atoms with Crippen LogP contribution in [0.5, 0.6) is 0 Å². The first-order valence-electron chi connectivity index (χ1n) is 8.94. The second-order valence-corrected chi connectivity index (χ2v) is 6.75. The number of hydrogen-bond donors (Lipinski definition) is 1. The molecule has 2 aromatic carbocycles. The lowest BCUT2D eigenvalue weighted by Crippen LogP contribution is -2.40. The van der Waals surface area contributed by atoms with E-state index in [-0.39, 0.29) is 25.7 Å². The molecule has 1 aliphatic rings. The van der Waals surface area contributed by atoms with Gasteiger partial charge in [-0.15, -0.1) is 0 Å². The van der Waals surface area contributed by atoms with Crippen LogP contribution in [0.3, 0.4) is 0 Å². The minimum atomic E-state index is -1.01. The Labute approximate surface area is 163 Å². The summed E-state index contributed by atoms with van der Waals surface area (Å²) in [5, 5.41) is 2.76. The van der Waals surface area contributed by atoms with Gasteiger partial charge in [0.2, 0.25) is 5.91 Å². The van der Waals surface area contributed by atoms with Crippen LogP contribution in [0, 0.1) is 13.8 Å². The molecule has 7 heteroatoms. The Balaban J connectivity index is 1.60. The number of anilines is 1. The summed E-state index contributed by atoms with van der Waals surface area (Å²) in [6.45, 7) is 3.71. The van der Waals surface area contributed by atoms with Gasteiger partial charge < -0.3 is 14.8 Å². The van der Waals surface area contributed by atoms with Crippen molar-refractivity contribution in [1.29, 1.82) is 0 Å². The number of benzene rings is 2. The maximum absolute atomic E-state index is 12.4. The molecule has 7 nitrogen and oxygen atoms in total. The number of esters is 1. The summed E-state index contributed by atoms with van der Waals surface area (Å²) in [5.74, 6) is -0.998. The summed E-state index contributed by atoms with van der Waals surface area (Å²) < 4.78 is 10.2. The monoisotopic (exact) mass is 382 g/mol. The molecular formula is C21H22N2O5. The third kappa shape index (κ3) is 4.88. The SMILES string of the molecule is Cc1cc(C)cc(NC(=O)C[C@H]2C(=O)OCN2C(=O)OCc2ccccc2)c1. The number of hydrogen-bond acceptors (Lipinski definition) is 5. The topological polar surface area (TPSA) is 84.9 Å². The third-order valence-corrected chi connectivity index (χ3v) is 4.32. The maximum Gasteiger partial charge on any atom is 0.413 e. The number of ether oxygens (including phenoxy) is 2. The number of carbonyl (C=O) groups excluding carboxylic acids is 3. The number of cyclic esters (lactones) is 1. The standard InChI is InChI=1S/C21H22N2O5/c1-14-8-15(2)10-17(9-14)22-19(24)11-18-20(25)28-13-23(18)21(26)27-12-16-6-4-3-5-7-16/h3-10,18H,11-13H2,1-2H3,(H,22,24)/t18-/m0/s1. The highest BCUT2D eigenvalue weighted by Gasteiger charge is 2.40. The van der Waals surface area contributed by atoms with Crippen LogP contribution in [0.2, 0.25) is 0 Å². The van der Waals surface area contributed by atoms with E-state index in [0.717, 1.165) is 21.6 Å². The Morgan fingerprint density at radius 2 is 1.82 bits per heavy atom. The zero-order chi connectivity index (χ0) is 20.1. The van der Waals surface area contributed by atoms with Gasteiger partial charge in [0, 0.05) is 5.69 Å². The van der Waals surface area contributed by atoms with E-state index in [1.54, 1.807) is 0 Å². The van der Waals surface area contributed by atoms with Crippen LogP contribution in [0.4, 0.5) is 10.5 Å². The van der Waals surface area contributed by atoms with Gasteiger partial charge in [-0.25, -0.2) is 9.59 Å². The summed E-state index contributed by atoms with van der Waals surface area (Å²) in [7, 11) is 0. The van der Waals surface area contributed by atoms with Crippen molar-refractivity contribution in [3.05, 3.63) is 65.2 Å². The largest absolute Gasteiger partial charge is 0.444 e. The van der Waals surface area contributed by atoms with Crippen molar-refractivity contribution in [1.82, 2.24) is 4.90 Å². The lowest BCUT2D eigenvalue weighted by Gasteiger charge is -2.19. The molecule has 2 aromatic rings. The van der Waals surface area contributed by atoms with Gasteiger partial charge in [-0.3, -0.25) is 9.69 Å². The fraction of sp³-hybridized carbons (Fsp3) is 0.286. The molecule has 0 aromatic heterocycles. The second-order valence-electron chi connectivity index (χ2n) is 6.75. The number of carbonyl (C=O) groups is 3. The fourth-order valence-electron chi connectivity index (χ4n) is 3.06. The number of nitrogens with one attached hydrogen (secondary N) is 1. The molecule has 1 saturated heterocycles. The number of nitrogens with zero attached hydrogens (tertiary/aromatic N) is 1. The van der Waals surface area contributed by atoms with Crippen LogP contribution < -0.4 is 5.32 Å². The van der Waals surface area contributed by atoms with Crippen molar-refractivity contribution in [2.75, 3.05) is 12.0 Å². The lowest BCUT2D eigenvalue weighted by molar-refractivity contribution is -0.140. The normalized spacial score (nSPS) is 15.9. The van der Waals surface area contributed by atoms with Gasteiger partial charge in [0.15, 0.2) is 6.73 Å². The van der Waals surface area contributed by atoms with Gasteiger partial charge in [-0.2, -0.15) is 0 Å². The molecule has 0 saturated carbocycles. The molecule has 146 valence electrons. The maximum atomic E-state index is 12.4. The van der Waals surface area contributed by atoms with Crippen molar-refractivity contribution < 1.29 is 23.9 Å². The van der Waals surface area contributed by atoms with Crippen LogP contribution in [0.15, 0.2) is 48.5 Å². The molecule has 1 atom stereocenters. The minimum Gasteiger partial charge on any atom is -0.444 e. The molecule has 0 unspecified atom stereocenters. The molecule has 1 aliphatic heterocycles. The molecule has 3 rings (SSSR count). The molecule has 0 bridgehead atoms. The lowest BCUT2D eigenvalue weighted by atomic mass is 10.1. The summed E-state index contributed by atoms with van der Waals surface area (Å²) >= 11 is 0. The van der Waals surface area contributed by atoms with Gasteiger partial charge in [-0.1, -0.05) is 36.4 Å². The van der Waals surface area contributed by atoms with Crippen molar-refractivity contribution in [2.45, 2.75) is 32.9 Å². The molecule has 1 heterocycles. The molecule has 0 spiro atoms. The number of amides is 2. The summed E-state index contributed by atoms with van der Waals surface area (Å²) in [4.78, 5) is 37.9. The highest BCUT2D eigenvalue weighted by molar-refractivity contribution is 5.96. The molecule has 1 fully saturated rings. The molecule has 0 radical (unpaired) electrons. The first kappa shape index (κ1) is 19.4. The number of rotatable bonds is 5. The van der Waals surface area contributed by atoms with Crippen LogP contribution >= 0.6 is 0 Å². The van der Waals surface area contributed by atoms with E-state index in [2.05, 4.69) is 5.32 Å². The average molecular weight is 382 g/mol. The Hall–Kier alpha value is -3.35. The smallest absolute Gasteiger partial charge is 0.413 e. The van der Waals surface area contributed by atoms with Gasteiger partial charge in [0.05, 0.1) is 6.42 Å². The third-order valence-electron chi connectivity index (χ3n) is 4.32. The van der Waals surface area contributed by atoms with E-state index in [1.165, 1.54) is 0 Å². The number of aryl methyl sites for hydroxylation is 2. The molecule has 1 N–H and O–H groups in total. The van der Waals surface area contributed by atoms with Crippen molar-refractivity contribution >= 4 is 23.7 Å². The predicted molar refractivity (Wildman–Crippen MR) is 102 cm³/mol. The minimum absolute atomic E-state index is 0.0752. The quantitative estimate of drug-likeness (QED) is 0.803. The molecule has 28 heavy (non-hydrogen) atoms. The first-order chi connectivity index (χ1) is 13.4. The summed E-state index contributed by atoms with van der Waals surface area (Å²) in [6.07, 6.45) is -0.898. The Morgan fingerprint density at radius 3 is 2.50 bits per heavy atom. The Kier molecular flexibility index (Phi) is 5.93. The average Bonchev–Trinajstić information content (AvgIpc) is 3.00. The summed E-state index contributed by atoms with van der Waals surface area (Å²) in [5.41, 5.74) is 3.50. The van der Waals surface area contributed by atoms with Crippen LogP contribution in [-0.4, -0.2) is 35.6 Å². The van der Waals surface area contributed by atoms with Crippen molar-refractivity contribution in [3.63, 3.8) is 0 Å². The van der Waals surface area contributed by atoms with Gasteiger partial charge in [-0.05, 0) is 42.7 Å². The highest BCUT2D eigenvalue weighted by atomic mass is 16.6. The van der Waals surface area contributed by atoms with Gasteiger partial charge in [0.1, 0.15) is 12.6 Å². The van der Waals surface area contributed by atoms with Crippen LogP contribution in [-0.2, 0) is 25.7 Å². The fourth-order valence-corrected chi connectivity index (χ4v) is 3.06. The van der Waals surface area contributed by atoms with E-state index in [4.69, 9.17) is 9.47 Å². The van der Waals surface area contributed by atoms with E-state index >= 15 is 0 Å². The zero-order valence-electron chi connectivity index (χ0n) is 15.8. The van der Waals surface area contributed by atoms with Crippen LogP contribution in [0.1, 0.15) is 23.1 Å². The van der Waals surface area contributed by atoms with Gasteiger partial charge >= 0.3 is 12.1 Å². The predicted octanol–water partition coefficient (Wildman–Crippen LogP) is 3.15. The van der Waals surface area contributed by atoms with Gasteiger partial charge in [0.25, 0.3) is 0 Å². The second kappa shape index (κ2) is 8.56. The van der Waals surface area contributed by atoms with Crippen molar-refractivity contribution in [2.24, 2.45) is 0 Å². The molecule has 2 amide bonds. The molecule has 0 aliphatic carbocycles. The highest BCUT2D eigenvalue weighted by Crippen LogP contribution is 2.19. The first-order valence-corrected chi connectivity index (χ1v) is 8.94. The zero-order valence-corrected chi connectivity index (χ0v) is 15.8. The van der Waals surface area contributed by atoms with E-state index in [9.17, 15) is 14.4 Å². The molecular weight excluding hydrogens is 360 g/mol.